The summed E-state index contributed by atoms with van der Waals surface area (Å²) in [6.07, 6.45) is 2.03. The summed E-state index contributed by atoms with van der Waals surface area (Å²) in [7, 11) is 0. The van der Waals surface area contributed by atoms with E-state index in [1.807, 2.05) is 35.4 Å². The van der Waals surface area contributed by atoms with Crippen molar-refractivity contribution in [2.45, 2.75) is 18.7 Å². The van der Waals surface area contributed by atoms with E-state index in [0.717, 1.165) is 23.7 Å². The number of halogens is 1. The number of anilines is 3. The van der Waals surface area contributed by atoms with Crippen LogP contribution in [0.2, 0.25) is 5.28 Å². The summed E-state index contributed by atoms with van der Waals surface area (Å²) in [5.41, 5.74) is 0.956. The fourth-order valence-corrected chi connectivity index (χ4v) is 2.62. The number of hydrogen-bond donors (Lipinski definition) is 1. The summed E-state index contributed by atoms with van der Waals surface area (Å²) < 4.78 is 0. The van der Waals surface area contributed by atoms with Crippen molar-refractivity contribution in [3.8, 4) is 0 Å². The van der Waals surface area contributed by atoms with Crippen LogP contribution in [0.5, 0.6) is 0 Å². The van der Waals surface area contributed by atoms with Crippen LogP contribution in [0.3, 0.4) is 0 Å². The Morgan fingerprint density at radius 1 is 1.14 bits per heavy atom. The first kappa shape index (κ1) is 15.9. The number of nitrogens with zero attached hydrogens (tertiary/aromatic N) is 4. The maximum atomic E-state index is 6.01. The van der Waals surface area contributed by atoms with Gasteiger partial charge >= 0.3 is 0 Å². The van der Waals surface area contributed by atoms with Crippen molar-refractivity contribution in [1.82, 2.24) is 15.0 Å². The Morgan fingerprint density at radius 2 is 1.86 bits per heavy atom. The van der Waals surface area contributed by atoms with Crippen molar-refractivity contribution in [2.24, 2.45) is 0 Å². The molecule has 0 unspecified atom stereocenters. The molecule has 2 rings (SSSR count). The fourth-order valence-electron chi connectivity index (χ4n) is 1.91. The van der Waals surface area contributed by atoms with E-state index in [4.69, 9.17) is 11.6 Å². The average Bonchev–Trinajstić information content (AvgIpc) is 2.48. The number of aromatic nitrogens is 3. The van der Waals surface area contributed by atoms with Gasteiger partial charge in [0.1, 0.15) is 0 Å². The summed E-state index contributed by atoms with van der Waals surface area (Å²) >= 11 is 7.68. The molecule has 1 aromatic heterocycles. The zero-order valence-electron chi connectivity index (χ0n) is 12.3. The summed E-state index contributed by atoms with van der Waals surface area (Å²) in [5.74, 6) is 1.04. The van der Waals surface area contributed by atoms with Gasteiger partial charge in [-0.25, -0.2) is 0 Å². The molecule has 0 fully saturated rings. The van der Waals surface area contributed by atoms with Gasteiger partial charge in [0.25, 0.3) is 0 Å². The molecule has 0 bridgehead atoms. The number of benzene rings is 1. The van der Waals surface area contributed by atoms with Gasteiger partial charge in [0, 0.05) is 18.0 Å². The van der Waals surface area contributed by atoms with Crippen LogP contribution < -0.4 is 10.2 Å². The molecule has 1 N–H and O–H groups in total. The Morgan fingerprint density at radius 3 is 2.52 bits per heavy atom. The van der Waals surface area contributed by atoms with E-state index in [2.05, 4.69) is 34.1 Å². The summed E-state index contributed by atoms with van der Waals surface area (Å²) in [4.78, 5) is 15.9. The van der Waals surface area contributed by atoms with Crippen LogP contribution in [-0.4, -0.2) is 34.3 Å². The van der Waals surface area contributed by atoms with Crippen LogP contribution in [-0.2, 0) is 0 Å². The molecule has 0 aliphatic carbocycles. The first-order valence-corrected chi connectivity index (χ1v) is 8.34. The highest BCUT2D eigenvalue weighted by atomic mass is 35.5. The molecule has 5 nitrogen and oxygen atoms in total. The van der Waals surface area contributed by atoms with Crippen LogP contribution in [0.1, 0.15) is 13.8 Å². The third kappa shape index (κ3) is 3.98. The number of thioether (sulfide) groups is 1. The monoisotopic (exact) mass is 323 g/mol. The first-order chi connectivity index (χ1) is 10.2. The Hall–Kier alpha value is -1.53. The van der Waals surface area contributed by atoms with E-state index in [1.54, 1.807) is 11.8 Å². The van der Waals surface area contributed by atoms with Gasteiger partial charge in [0.2, 0.25) is 17.2 Å². The topological polar surface area (TPSA) is 53.9 Å². The molecular weight excluding hydrogens is 306 g/mol. The van der Waals surface area contributed by atoms with E-state index in [-0.39, 0.29) is 5.28 Å². The Labute approximate surface area is 134 Å². The number of hydrogen-bond acceptors (Lipinski definition) is 6. The van der Waals surface area contributed by atoms with Crippen molar-refractivity contribution >= 4 is 40.9 Å². The zero-order chi connectivity index (χ0) is 15.2. The second kappa shape index (κ2) is 7.47. The van der Waals surface area contributed by atoms with Crippen molar-refractivity contribution < 1.29 is 0 Å². The largest absolute Gasteiger partial charge is 0.341 e. The van der Waals surface area contributed by atoms with Crippen LogP contribution in [0, 0.1) is 0 Å². The molecule has 1 heterocycles. The van der Waals surface area contributed by atoms with Gasteiger partial charge in [-0.2, -0.15) is 15.0 Å². The highest BCUT2D eigenvalue weighted by molar-refractivity contribution is 7.98. The van der Waals surface area contributed by atoms with Crippen molar-refractivity contribution in [3.05, 3.63) is 29.5 Å². The van der Waals surface area contributed by atoms with E-state index in [0.29, 0.717) is 11.9 Å². The SMILES string of the molecule is CCN(CC)c1nc(Cl)nc(Nc2ccccc2SC)n1. The molecule has 0 atom stereocenters. The van der Waals surface area contributed by atoms with Crippen molar-refractivity contribution in [3.63, 3.8) is 0 Å². The third-order valence-electron chi connectivity index (χ3n) is 3.00. The highest BCUT2D eigenvalue weighted by Gasteiger charge is 2.11. The smallest absolute Gasteiger partial charge is 0.233 e. The molecule has 0 aliphatic heterocycles. The molecule has 7 heteroatoms. The summed E-state index contributed by atoms with van der Waals surface area (Å²) in [5, 5.41) is 3.40. The molecule has 112 valence electrons. The standard InChI is InChI=1S/C14H18ClN5S/c1-4-20(5-2)14-18-12(15)17-13(19-14)16-10-8-6-7-9-11(10)21-3/h6-9H,4-5H2,1-3H3,(H,16,17,18,19). The number of rotatable bonds is 6. The van der Waals surface area contributed by atoms with E-state index in [9.17, 15) is 0 Å². The van der Waals surface area contributed by atoms with Crippen molar-refractivity contribution in [2.75, 3.05) is 29.6 Å². The minimum atomic E-state index is 0.191. The first-order valence-electron chi connectivity index (χ1n) is 6.74. The molecule has 0 aliphatic rings. The van der Waals surface area contributed by atoms with Crippen LogP contribution in [0.15, 0.2) is 29.2 Å². The van der Waals surface area contributed by atoms with Gasteiger partial charge in [-0.3, -0.25) is 0 Å². The molecule has 1 aromatic carbocycles. The molecular formula is C14H18ClN5S. The van der Waals surface area contributed by atoms with Gasteiger partial charge < -0.3 is 10.2 Å². The van der Waals surface area contributed by atoms with Gasteiger partial charge in [-0.1, -0.05) is 12.1 Å². The maximum absolute atomic E-state index is 6.01. The number of para-hydroxylation sites is 1. The lowest BCUT2D eigenvalue weighted by molar-refractivity contribution is 0.813. The highest BCUT2D eigenvalue weighted by Crippen LogP contribution is 2.27. The van der Waals surface area contributed by atoms with Gasteiger partial charge in [0.05, 0.1) is 5.69 Å². The van der Waals surface area contributed by atoms with Crippen LogP contribution in [0.25, 0.3) is 0 Å². The quantitative estimate of drug-likeness (QED) is 0.815. The van der Waals surface area contributed by atoms with E-state index in [1.165, 1.54) is 0 Å². The molecule has 0 radical (unpaired) electrons. The molecule has 0 spiro atoms. The molecule has 2 aromatic rings. The number of nitrogens with one attached hydrogen (secondary N) is 1. The van der Waals surface area contributed by atoms with Gasteiger partial charge in [0.15, 0.2) is 0 Å². The maximum Gasteiger partial charge on any atom is 0.233 e. The second-order valence-electron chi connectivity index (χ2n) is 4.23. The summed E-state index contributed by atoms with van der Waals surface area (Å²) in [6, 6.07) is 8.00. The minimum Gasteiger partial charge on any atom is -0.341 e. The predicted octanol–water partition coefficient (Wildman–Crippen LogP) is 3.84. The lowest BCUT2D eigenvalue weighted by Gasteiger charge is -2.19. The van der Waals surface area contributed by atoms with E-state index < -0.39 is 0 Å². The van der Waals surface area contributed by atoms with Gasteiger partial charge in [-0.15, -0.1) is 11.8 Å². The Balaban J connectivity index is 2.32. The van der Waals surface area contributed by atoms with Crippen molar-refractivity contribution in [1.29, 1.82) is 0 Å². The molecule has 21 heavy (non-hydrogen) atoms. The molecule has 0 saturated heterocycles. The molecule has 0 saturated carbocycles. The molecule has 0 amide bonds. The average molecular weight is 324 g/mol. The van der Waals surface area contributed by atoms with Crippen LogP contribution in [0.4, 0.5) is 17.6 Å². The Bertz CT molecular complexity index is 604. The van der Waals surface area contributed by atoms with Gasteiger partial charge in [-0.05, 0) is 43.8 Å². The lowest BCUT2D eigenvalue weighted by atomic mass is 10.3. The Kier molecular flexibility index (Phi) is 5.64. The fraction of sp³-hybridized carbons (Fsp3) is 0.357. The minimum absolute atomic E-state index is 0.191. The van der Waals surface area contributed by atoms with Crippen LogP contribution >= 0.6 is 23.4 Å². The van der Waals surface area contributed by atoms with E-state index >= 15 is 0 Å². The zero-order valence-corrected chi connectivity index (χ0v) is 13.9. The third-order valence-corrected chi connectivity index (χ3v) is 3.96. The predicted molar refractivity (Wildman–Crippen MR) is 89.9 cm³/mol. The normalized spacial score (nSPS) is 10.5. The lowest BCUT2D eigenvalue weighted by Crippen LogP contribution is -2.24. The summed E-state index contributed by atoms with van der Waals surface area (Å²) in [6.45, 7) is 5.74. The second-order valence-corrected chi connectivity index (χ2v) is 5.41.